The van der Waals surface area contributed by atoms with E-state index in [4.69, 9.17) is 25.1 Å². The molecule has 18 heteroatoms. The lowest BCUT2D eigenvalue weighted by molar-refractivity contribution is -0.173. The second kappa shape index (κ2) is 20.4. The number of aromatic amines is 1. The lowest BCUT2D eigenvalue weighted by Gasteiger charge is -2.37. The molecule has 14 nitrogen and oxygen atoms in total. The first-order valence-corrected chi connectivity index (χ1v) is 16.8. The second-order valence-corrected chi connectivity index (χ2v) is 12.9. The molecule has 0 spiro atoms. The van der Waals surface area contributed by atoms with Gasteiger partial charge in [-0.05, 0) is 46.6 Å². The fourth-order valence-corrected chi connectivity index (χ4v) is 6.63. The smallest absolute Gasteiger partial charge is 0.382 e. The van der Waals surface area contributed by atoms with Crippen molar-refractivity contribution >= 4 is 26.4 Å². The Labute approximate surface area is 279 Å². The third-order valence-corrected chi connectivity index (χ3v) is 9.21. The number of unbranched alkanes of at least 4 members (excludes halogenated alkanes) is 3. The monoisotopic (exact) mass is 706 g/mol. The van der Waals surface area contributed by atoms with Crippen LogP contribution < -0.4 is 21.9 Å². The van der Waals surface area contributed by atoms with Crippen LogP contribution in [0.2, 0.25) is 0 Å². The molecular formula is C30H46F3N6O8P. The summed E-state index contributed by atoms with van der Waals surface area (Å²) in [6.45, 7) is 15.9. The van der Waals surface area contributed by atoms with Crippen molar-refractivity contribution in [3.05, 3.63) is 50.1 Å². The predicted octanol–water partition coefficient (Wildman–Crippen LogP) is 3.51. The standard InChI is InChI=1S/C30H46F3N6O8P/c1-20(2)39(21(3)4)48(45-16-15-34-5)47-23-17-26(46-24(23)19-44-6)38-18-22(27(41)37-29(38)43)11-12-25(40)35-13-9-7-8-10-14-36-28(42)30(31,32)33/h11-12,18,20-21,23-24,26H,7-10,13-17,19H2,1-4,6H3,(H,35,40)(H,36,42)(H,37,41,43)/b12-11+. The summed E-state index contributed by atoms with van der Waals surface area (Å²) in [7, 11) is -0.0842. The van der Waals surface area contributed by atoms with E-state index in [2.05, 4.69) is 19.8 Å². The summed E-state index contributed by atoms with van der Waals surface area (Å²) >= 11 is 0. The molecule has 0 radical (unpaired) electrons. The van der Waals surface area contributed by atoms with Gasteiger partial charge in [-0.2, -0.15) is 13.2 Å². The summed E-state index contributed by atoms with van der Waals surface area (Å²) in [6, 6.07) is 0.151. The molecule has 0 aromatic carbocycles. The van der Waals surface area contributed by atoms with Crippen molar-refractivity contribution in [2.24, 2.45) is 0 Å². The van der Waals surface area contributed by atoms with Crippen molar-refractivity contribution in [2.75, 3.05) is 40.0 Å². The lowest BCUT2D eigenvalue weighted by atomic mass is 10.2. The number of rotatable bonds is 20. The van der Waals surface area contributed by atoms with Crippen molar-refractivity contribution in [3.8, 4) is 0 Å². The number of amides is 2. The van der Waals surface area contributed by atoms with Crippen LogP contribution in [0.25, 0.3) is 10.9 Å². The van der Waals surface area contributed by atoms with Gasteiger partial charge in [-0.15, -0.1) is 0 Å². The molecule has 48 heavy (non-hydrogen) atoms. The average Bonchev–Trinajstić information content (AvgIpc) is 3.38. The van der Waals surface area contributed by atoms with E-state index in [0.717, 1.165) is 6.08 Å². The van der Waals surface area contributed by atoms with E-state index < -0.39 is 56.2 Å². The number of nitrogens with one attached hydrogen (secondary N) is 3. The van der Waals surface area contributed by atoms with Crippen molar-refractivity contribution in [2.45, 2.75) is 96.5 Å². The summed E-state index contributed by atoms with van der Waals surface area (Å²) in [5.41, 5.74) is -1.36. The topological polar surface area (TPSA) is 158 Å². The molecule has 0 bridgehead atoms. The number of hydrogen-bond acceptors (Lipinski definition) is 9. The summed E-state index contributed by atoms with van der Waals surface area (Å²) < 4.78 is 63.9. The van der Waals surface area contributed by atoms with Gasteiger partial charge in [-0.25, -0.2) is 16.0 Å². The molecule has 0 saturated carbocycles. The SMILES string of the molecule is [C-]#[N+]CCOP(OC1CC(n2cc(/C=C/C(=O)NCCCCCCNC(=O)C(F)(F)F)c(=O)[nH]c2=O)OC1COC)N(C(C)C)C(C)C. The molecular weight excluding hydrogens is 660 g/mol. The molecule has 4 unspecified atom stereocenters. The summed E-state index contributed by atoms with van der Waals surface area (Å²) in [5, 5.41) is 4.46. The van der Waals surface area contributed by atoms with Gasteiger partial charge in [0.1, 0.15) is 18.9 Å². The van der Waals surface area contributed by atoms with Gasteiger partial charge < -0.3 is 34.0 Å². The third kappa shape index (κ3) is 13.4. The van der Waals surface area contributed by atoms with E-state index in [1.54, 1.807) is 5.32 Å². The zero-order valence-electron chi connectivity index (χ0n) is 27.9. The summed E-state index contributed by atoms with van der Waals surface area (Å²) in [5.74, 6) is -2.45. The third-order valence-electron chi connectivity index (χ3n) is 7.05. The molecule has 4 atom stereocenters. The molecule has 1 aromatic rings. The van der Waals surface area contributed by atoms with Crippen LogP contribution in [0.1, 0.15) is 71.6 Å². The number of ether oxygens (including phenoxy) is 2. The van der Waals surface area contributed by atoms with Crippen LogP contribution in [0.15, 0.2) is 21.9 Å². The first-order chi connectivity index (χ1) is 22.7. The number of nitrogens with zero attached hydrogens (tertiary/aromatic N) is 3. The van der Waals surface area contributed by atoms with Crippen LogP contribution in [-0.2, 0) is 28.1 Å². The number of carbonyl (C=O) groups is 2. The number of carbonyl (C=O) groups excluding carboxylic acids is 2. The minimum absolute atomic E-state index is 0.0393. The van der Waals surface area contributed by atoms with E-state index in [1.807, 2.05) is 27.7 Å². The Bertz CT molecular complexity index is 1360. The van der Waals surface area contributed by atoms with Crippen LogP contribution in [0, 0.1) is 6.57 Å². The van der Waals surface area contributed by atoms with Crippen LogP contribution >= 0.6 is 8.53 Å². The maximum absolute atomic E-state index is 12.8. The Hall–Kier alpha value is -3.13. The minimum Gasteiger partial charge on any atom is -0.382 e. The van der Waals surface area contributed by atoms with E-state index in [-0.39, 0.29) is 50.4 Å². The highest BCUT2D eigenvalue weighted by Crippen LogP contribution is 2.49. The zero-order chi connectivity index (χ0) is 35.9. The predicted molar refractivity (Wildman–Crippen MR) is 173 cm³/mol. The molecule has 270 valence electrons. The van der Waals surface area contributed by atoms with Crippen molar-refractivity contribution in [1.29, 1.82) is 0 Å². The molecule has 1 aliphatic heterocycles. The van der Waals surface area contributed by atoms with E-state index >= 15 is 0 Å². The molecule has 0 aliphatic carbocycles. The highest BCUT2D eigenvalue weighted by atomic mass is 31.2. The number of alkyl halides is 3. The summed E-state index contributed by atoms with van der Waals surface area (Å²) in [6.07, 6.45) is -0.774. The maximum Gasteiger partial charge on any atom is 0.471 e. The van der Waals surface area contributed by atoms with Crippen molar-refractivity contribution < 1.29 is 41.3 Å². The van der Waals surface area contributed by atoms with Gasteiger partial charge >= 0.3 is 17.8 Å². The molecule has 2 heterocycles. The second-order valence-electron chi connectivity index (χ2n) is 11.5. The fourth-order valence-electron chi connectivity index (χ4n) is 4.88. The largest absolute Gasteiger partial charge is 0.471 e. The van der Waals surface area contributed by atoms with Crippen LogP contribution in [0.3, 0.4) is 0 Å². The van der Waals surface area contributed by atoms with E-state index in [0.29, 0.717) is 32.2 Å². The molecule has 1 saturated heterocycles. The van der Waals surface area contributed by atoms with E-state index in [1.165, 1.54) is 23.9 Å². The number of hydrogen-bond donors (Lipinski definition) is 3. The molecule has 1 fully saturated rings. The van der Waals surface area contributed by atoms with Gasteiger partial charge in [-0.1, -0.05) is 12.8 Å². The molecule has 1 aliphatic rings. The normalized spacial score (nSPS) is 18.9. The van der Waals surface area contributed by atoms with Crippen LogP contribution in [0.5, 0.6) is 0 Å². The Kier molecular flexibility index (Phi) is 17.4. The van der Waals surface area contributed by atoms with Crippen molar-refractivity contribution in [1.82, 2.24) is 24.9 Å². The van der Waals surface area contributed by atoms with Gasteiger partial charge in [0.25, 0.3) is 14.1 Å². The van der Waals surface area contributed by atoms with Gasteiger partial charge in [0.2, 0.25) is 12.5 Å². The molecule has 1 aromatic heterocycles. The molecule has 2 amide bonds. The number of halogens is 3. The minimum atomic E-state index is -4.90. The summed E-state index contributed by atoms with van der Waals surface area (Å²) in [4.78, 5) is 54.1. The molecule has 3 N–H and O–H groups in total. The first kappa shape index (κ1) is 41.0. The molecule has 2 rings (SSSR count). The maximum atomic E-state index is 12.8. The van der Waals surface area contributed by atoms with Crippen LogP contribution in [-0.4, -0.2) is 96.5 Å². The number of aromatic nitrogens is 2. The van der Waals surface area contributed by atoms with Gasteiger partial charge in [0.05, 0.1) is 18.3 Å². The first-order valence-electron chi connectivity index (χ1n) is 15.7. The van der Waals surface area contributed by atoms with Gasteiger partial charge in [-0.3, -0.25) is 23.9 Å². The Balaban J connectivity index is 2.03. The van der Waals surface area contributed by atoms with Gasteiger partial charge in [0, 0.05) is 51.0 Å². The van der Waals surface area contributed by atoms with Crippen LogP contribution in [0.4, 0.5) is 13.2 Å². The van der Waals surface area contributed by atoms with E-state index in [9.17, 15) is 32.3 Å². The zero-order valence-corrected chi connectivity index (χ0v) is 28.8. The Morgan fingerprint density at radius 1 is 1.17 bits per heavy atom. The van der Waals surface area contributed by atoms with Gasteiger partial charge in [0.15, 0.2) is 0 Å². The lowest BCUT2D eigenvalue weighted by Crippen LogP contribution is -2.37. The average molecular weight is 707 g/mol. The highest BCUT2D eigenvalue weighted by molar-refractivity contribution is 7.44. The fraction of sp³-hybridized carbons (Fsp3) is 0.700. The Morgan fingerprint density at radius 3 is 2.40 bits per heavy atom. The number of methoxy groups -OCH3 is 1. The number of H-pyrrole nitrogens is 1. The highest BCUT2D eigenvalue weighted by Gasteiger charge is 2.42. The van der Waals surface area contributed by atoms with Crippen molar-refractivity contribution in [3.63, 3.8) is 0 Å². The Morgan fingerprint density at radius 2 is 1.81 bits per heavy atom. The quantitative estimate of drug-likeness (QED) is 0.0799.